The monoisotopic (exact) mass is 900 g/mol. The molecule has 1 aliphatic carbocycles. The molecule has 342 valence electrons. The molecule has 3 N–H and O–H groups in total. The lowest BCUT2D eigenvalue weighted by Gasteiger charge is -2.58. The summed E-state index contributed by atoms with van der Waals surface area (Å²) < 4.78 is 37.6. The largest absolute Gasteiger partial charge is 0.465 e. The minimum absolute atomic E-state index is 0.00651. The Bertz CT molecular complexity index is 2950. The molecular formula is C50H60N8O6S. The van der Waals surface area contributed by atoms with E-state index in [1.807, 2.05) is 55.5 Å². The SMILES string of the molecule is Cc1ccc(S(=O)(=O)n2ccc3c(-c4ccc5nc(N6CCC(N7C[C@@](C)(C(C)(C)C)N(C(=O)O)C[C@@H]7C)CC6)nc(C(CN)(OC6CC6)c6ccccc6)c5c4)cn(C)c(=O)c32)cc1. The van der Waals surface area contributed by atoms with Gasteiger partial charge in [0, 0.05) is 80.6 Å². The number of aryl methyl sites for hydroxylation is 2. The van der Waals surface area contributed by atoms with E-state index in [9.17, 15) is 23.1 Å². The number of rotatable bonds is 10. The molecule has 1 saturated carbocycles. The first-order chi connectivity index (χ1) is 30.9. The number of anilines is 1. The molecule has 15 heteroatoms. The molecule has 9 rings (SSSR count). The van der Waals surface area contributed by atoms with E-state index in [0.29, 0.717) is 54.3 Å². The summed E-state index contributed by atoms with van der Waals surface area (Å²) in [6, 6.07) is 24.5. The van der Waals surface area contributed by atoms with Crippen LogP contribution >= 0.6 is 0 Å². The number of hydrogen-bond acceptors (Lipinski definition) is 10. The van der Waals surface area contributed by atoms with Crippen LogP contribution < -0.4 is 16.2 Å². The van der Waals surface area contributed by atoms with Gasteiger partial charge >= 0.3 is 6.09 Å². The predicted molar refractivity (Wildman–Crippen MR) is 254 cm³/mol. The quantitative estimate of drug-likeness (QED) is 0.141. The summed E-state index contributed by atoms with van der Waals surface area (Å²) in [5.74, 6) is 0.581. The topological polar surface area (TPSA) is 169 Å². The van der Waals surface area contributed by atoms with Crippen molar-refractivity contribution < 1.29 is 23.1 Å². The Hall–Kier alpha value is -5.61. The third kappa shape index (κ3) is 7.69. The van der Waals surface area contributed by atoms with Crippen LogP contribution in [0.25, 0.3) is 32.9 Å². The standard InChI is InChI=1S/C50H60N8O6S/c1-32-13-18-38(19-14-32)65(62,63)58-26-23-39-41(29-54(7)45(59)43(39)58)34-15-20-42-40(27-34)44(50(30-51,64-37-16-17-37)35-11-9-8-10-12-35)53-46(52-42)55-24-21-36(22-25-55)56-31-49(6,48(3,4)5)57(47(60)61)28-33(56)2/h8-15,18-20,23,26-27,29,33,36-37H,16-17,21-22,24-25,28,30-31,51H2,1-7H3,(H,60,61)/t33-,49-,50?/m0/s1. The van der Waals surface area contributed by atoms with Gasteiger partial charge in [0.1, 0.15) is 11.1 Å². The Balaban J connectivity index is 1.14. The highest BCUT2D eigenvalue weighted by molar-refractivity contribution is 7.90. The predicted octanol–water partition coefficient (Wildman–Crippen LogP) is 7.33. The van der Waals surface area contributed by atoms with Gasteiger partial charge in [-0.1, -0.05) is 74.9 Å². The Labute approximate surface area is 380 Å². The molecule has 1 amide bonds. The molecule has 3 aromatic carbocycles. The van der Waals surface area contributed by atoms with Gasteiger partial charge < -0.3 is 25.0 Å². The van der Waals surface area contributed by atoms with Crippen LogP contribution in [0, 0.1) is 12.3 Å². The van der Waals surface area contributed by atoms with Gasteiger partial charge in [0.15, 0.2) is 0 Å². The molecule has 2 aliphatic heterocycles. The van der Waals surface area contributed by atoms with E-state index < -0.39 is 32.8 Å². The van der Waals surface area contributed by atoms with E-state index in [1.165, 1.54) is 10.8 Å². The summed E-state index contributed by atoms with van der Waals surface area (Å²) in [6.07, 6.45) is 5.86. The molecule has 5 heterocycles. The van der Waals surface area contributed by atoms with Gasteiger partial charge in [-0.2, -0.15) is 0 Å². The maximum Gasteiger partial charge on any atom is 0.407 e. The average Bonchev–Trinajstić information content (AvgIpc) is 3.99. The zero-order valence-electron chi connectivity index (χ0n) is 38.4. The van der Waals surface area contributed by atoms with Crippen molar-refractivity contribution in [3.63, 3.8) is 0 Å². The second-order valence-corrected chi connectivity index (χ2v) is 21.4. The van der Waals surface area contributed by atoms with Crippen LogP contribution in [0.5, 0.6) is 0 Å². The molecule has 3 aliphatic rings. The highest BCUT2D eigenvalue weighted by atomic mass is 32.2. The number of benzene rings is 3. The fraction of sp³-hybridized carbons (Fsp3) is 0.440. The molecule has 0 bridgehead atoms. The Kier molecular flexibility index (Phi) is 11.2. The molecular weight excluding hydrogens is 841 g/mol. The number of carboxylic acid groups (broad SMARTS) is 1. The molecule has 3 fully saturated rings. The Morgan fingerprint density at radius 3 is 2.28 bits per heavy atom. The van der Waals surface area contributed by atoms with E-state index in [4.69, 9.17) is 20.4 Å². The first-order valence-electron chi connectivity index (χ1n) is 22.7. The average molecular weight is 901 g/mol. The zero-order chi connectivity index (χ0) is 46.2. The number of fused-ring (bicyclic) bond motifs is 2. The van der Waals surface area contributed by atoms with Crippen molar-refractivity contribution in [2.24, 2.45) is 18.2 Å². The number of ether oxygens (including phenoxy) is 1. The van der Waals surface area contributed by atoms with Crippen molar-refractivity contribution in [3.8, 4) is 11.1 Å². The van der Waals surface area contributed by atoms with Crippen molar-refractivity contribution in [2.75, 3.05) is 37.6 Å². The first-order valence-corrected chi connectivity index (χ1v) is 24.1. The molecule has 0 radical (unpaired) electrons. The van der Waals surface area contributed by atoms with E-state index in [1.54, 1.807) is 48.5 Å². The molecule has 6 aromatic rings. The minimum atomic E-state index is -4.10. The van der Waals surface area contributed by atoms with Gasteiger partial charge in [0.2, 0.25) is 5.95 Å². The number of nitrogens with two attached hydrogens (primary N) is 1. The first kappa shape index (κ1) is 44.6. The smallest absolute Gasteiger partial charge is 0.407 e. The van der Waals surface area contributed by atoms with Crippen molar-refractivity contribution in [2.45, 2.75) is 101 Å². The lowest BCUT2D eigenvalue weighted by molar-refractivity contribution is -0.0800. The molecule has 65 heavy (non-hydrogen) atoms. The summed E-state index contributed by atoms with van der Waals surface area (Å²) in [4.78, 5) is 43.5. The van der Waals surface area contributed by atoms with Gasteiger partial charge in [-0.25, -0.2) is 27.2 Å². The van der Waals surface area contributed by atoms with Gasteiger partial charge in [0.25, 0.3) is 15.6 Å². The maximum atomic E-state index is 14.0. The van der Waals surface area contributed by atoms with Crippen molar-refractivity contribution in [1.29, 1.82) is 0 Å². The van der Waals surface area contributed by atoms with Crippen LogP contribution in [-0.4, -0.2) is 104 Å². The summed E-state index contributed by atoms with van der Waals surface area (Å²) in [5, 5.41) is 11.5. The summed E-state index contributed by atoms with van der Waals surface area (Å²) in [5.41, 5.74) is 9.08. The highest BCUT2D eigenvalue weighted by Crippen LogP contribution is 2.44. The number of pyridine rings is 1. The van der Waals surface area contributed by atoms with Crippen molar-refractivity contribution >= 4 is 43.9 Å². The number of nitrogens with zero attached hydrogens (tertiary/aromatic N) is 7. The van der Waals surface area contributed by atoms with E-state index in [-0.39, 0.29) is 40.6 Å². The number of carbonyl (C=O) groups is 1. The minimum Gasteiger partial charge on any atom is -0.465 e. The van der Waals surface area contributed by atoms with E-state index in [2.05, 4.69) is 44.4 Å². The molecule has 14 nitrogen and oxygen atoms in total. The molecule has 0 spiro atoms. The van der Waals surface area contributed by atoms with Crippen LogP contribution in [0.2, 0.25) is 0 Å². The zero-order valence-corrected chi connectivity index (χ0v) is 39.2. The number of aromatic nitrogens is 4. The summed E-state index contributed by atoms with van der Waals surface area (Å²) >= 11 is 0. The number of piperidine rings is 1. The van der Waals surface area contributed by atoms with Gasteiger partial charge in [-0.3, -0.25) is 14.6 Å². The van der Waals surface area contributed by atoms with Crippen LogP contribution in [0.1, 0.15) is 77.1 Å². The molecule has 3 aromatic heterocycles. The lowest BCUT2D eigenvalue weighted by atomic mass is 9.71. The highest BCUT2D eigenvalue weighted by Gasteiger charge is 2.52. The summed E-state index contributed by atoms with van der Waals surface area (Å²) in [6.45, 7) is 15.1. The maximum absolute atomic E-state index is 14.0. The second-order valence-electron chi connectivity index (χ2n) is 19.6. The summed E-state index contributed by atoms with van der Waals surface area (Å²) in [7, 11) is -2.47. The van der Waals surface area contributed by atoms with Gasteiger partial charge in [0.05, 0.1) is 27.7 Å². The Morgan fingerprint density at radius 2 is 1.65 bits per heavy atom. The number of hydrogen-bond donors (Lipinski definition) is 2. The third-order valence-electron chi connectivity index (χ3n) is 14.5. The fourth-order valence-corrected chi connectivity index (χ4v) is 11.3. The fourth-order valence-electron chi connectivity index (χ4n) is 10.0. The second kappa shape index (κ2) is 16.4. The number of piperazine rings is 1. The van der Waals surface area contributed by atoms with Gasteiger partial charge in [-0.15, -0.1) is 0 Å². The molecule has 2 saturated heterocycles. The normalized spacial score (nSPS) is 21.3. The third-order valence-corrected chi connectivity index (χ3v) is 16.2. The lowest BCUT2D eigenvalue weighted by Crippen LogP contribution is -2.71. The van der Waals surface area contributed by atoms with E-state index in [0.717, 1.165) is 51.7 Å². The van der Waals surface area contributed by atoms with Crippen LogP contribution in [0.15, 0.2) is 101 Å². The van der Waals surface area contributed by atoms with Crippen LogP contribution in [0.3, 0.4) is 0 Å². The van der Waals surface area contributed by atoms with Crippen LogP contribution in [0.4, 0.5) is 10.7 Å². The van der Waals surface area contributed by atoms with Crippen molar-refractivity contribution in [3.05, 3.63) is 118 Å². The van der Waals surface area contributed by atoms with Crippen LogP contribution in [-0.2, 0) is 27.4 Å². The molecule has 3 atom stereocenters. The van der Waals surface area contributed by atoms with E-state index >= 15 is 0 Å². The molecule has 1 unspecified atom stereocenters. The number of amides is 1. The van der Waals surface area contributed by atoms with Gasteiger partial charge in [-0.05, 0) is 93.3 Å². The Morgan fingerprint density at radius 1 is 0.954 bits per heavy atom. The van der Waals surface area contributed by atoms with Crippen molar-refractivity contribution in [1.82, 2.24) is 28.3 Å².